The van der Waals surface area contributed by atoms with Crippen LogP contribution in [0, 0.1) is 11.7 Å². The molecule has 0 spiro atoms. The summed E-state index contributed by atoms with van der Waals surface area (Å²) >= 11 is 1.41. The summed E-state index contributed by atoms with van der Waals surface area (Å²) < 4.78 is 24.7. The van der Waals surface area contributed by atoms with E-state index in [0.29, 0.717) is 31.3 Å². The van der Waals surface area contributed by atoms with Crippen LogP contribution in [0.25, 0.3) is 0 Å². The van der Waals surface area contributed by atoms with Gasteiger partial charge in [-0.15, -0.1) is 11.8 Å². The topological polar surface area (TPSA) is 67.9 Å². The van der Waals surface area contributed by atoms with Crippen molar-refractivity contribution in [3.05, 3.63) is 83.7 Å². The second-order valence-electron chi connectivity index (χ2n) is 8.98. The Hall–Kier alpha value is -3.52. The second kappa shape index (κ2) is 10.2. The van der Waals surface area contributed by atoms with Gasteiger partial charge in [0, 0.05) is 4.90 Å². The summed E-state index contributed by atoms with van der Waals surface area (Å²) in [7, 11) is 0. The number of rotatable bonds is 6. The average molecular weight is 507 g/mol. The molecule has 0 saturated carbocycles. The normalized spacial score (nSPS) is 18.2. The Labute approximate surface area is 213 Å². The van der Waals surface area contributed by atoms with Crippen LogP contribution in [-0.2, 0) is 16.1 Å². The van der Waals surface area contributed by atoms with Crippen molar-refractivity contribution in [3.8, 4) is 11.5 Å². The van der Waals surface area contributed by atoms with E-state index in [1.54, 1.807) is 24.0 Å². The summed E-state index contributed by atoms with van der Waals surface area (Å²) in [5.41, 5.74) is 2.51. The Kier molecular flexibility index (Phi) is 6.87. The lowest BCUT2D eigenvalue weighted by atomic mass is 10.0. The van der Waals surface area contributed by atoms with Gasteiger partial charge in [-0.05, 0) is 54.4 Å². The molecule has 0 bridgehead atoms. The van der Waals surface area contributed by atoms with E-state index >= 15 is 0 Å². The van der Waals surface area contributed by atoms with Gasteiger partial charge in [0.25, 0.3) is 0 Å². The predicted octanol–water partition coefficient (Wildman–Crippen LogP) is 5.12. The van der Waals surface area contributed by atoms with E-state index in [9.17, 15) is 14.0 Å². The number of halogens is 1. The molecule has 8 heteroatoms. The Balaban J connectivity index is 1.33. The van der Waals surface area contributed by atoms with E-state index < -0.39 is 11.2 Å². The van der Waals surface area contributed by atoms with Crippen molar-refractivity contribution in [2.24, 2.45) is 5.92 Å². The summed E-state index contributed by atoms with van der Waals surface area (Å²) in [5, 5.41) is 2.46. The highest BCUT2D eigenvalue weighted by Crippen LogP contribution is 2.42. The van der Waals surface area contributed by atoms with Gasteiger partial charge in [-0.3, -0.25) is 9.59 Å². The maximum Gasteiger partial charge on any atom is 0.241 e. The fourth-order valence-electron chi connectivity index (χ4n) is 4.39. The van der Waals surface area contributed by atoms with E-state index in [0.717, 1.165) is 21.7 Å². The Morgan fingerprint density at radius 3 is 2.56 bits per heavy atom. The van der Waals surface area contributed by atoms with E-state index in [1.165, 1.54) is 23.9 Å². The Morgan fingerprint density at radius 2 is 1.78 bits per heavy atom. The van der Waals surface area contributed by atoms with Gasteiger partial charge >= 0.3 is 0 Å². The molecule has 3 atom stereocenters. The highest BCUT2D eigenvalue weighted by Gasteiger charge is 2.39. The smallest absolute Gasteiger partial charge is 0.241 e. The molecule has 0 radical (unpaired) electrons. The number of anilines is 1. The standard InChI is InChI=1S/C28H27FN2O4S/c1-17(27(32)30-18(2)20-9-12-23-24(15-20)35-14-13-34-23)26-28(33)31(16-19-7-10-21(29)11-8-19)22-5-3-4-6-25(22)36-26/h3-12,15,17-18,26H,13-14,16H2,1-2H3,(H,30,32)/t17-,18+,26-/m1/s1. The van der Waals surface area contributed by atoms with E-state index in [2.05, 4.69) is 5.32 Å². The molecule has 3 aromatic carbocycles. The lowest BCUT2D eigenvalue weighted by Gasteiger charge is -2.36. The number of carbonyl (C=O) groups is 2. The van der Waals surface area contributed by atoms with Gasteiger partial charge in [0.05, 0.1) is 24.2 Å². The van der Waals surface area contributed by atoms with Crippen molar-refractivity contribution in [1.82, 2.24) is 5.32 Å². The number of fused-ring (bicyclic) bond motifs is 2. The van der Waals surface area contributed by atoms with Crippen molar-refractivity contribution in [2.45, 2.75) is 36.6 Å². The zero-order chi connectivity index (χ0) is 25.2. The van der Waals surface area contributed by atoms with Crippen molar-refractivity contribution in [3.63, 3.8) is 0 Å². The Morgan fingerprint density at radius 1 is 1.06 bits per heavy atom. The molecule has 0 unspecified atom stereocenters. The average Bonchev–Trinajstić information content (AvgIpc) is 2.90. The summed E-state index contributed by atoms with van der Waals surface area (Å²) in [5.74, 6) is 0.114. The quantitative estimate of drug-likeness (QED) is 0.503. The van der Waals surface area contributed by atoms with Crippen LogP contribution in [0.1, 0.15) is 31.0 Å². The number of nitrogens with one attached hydrogen (secondary N) is 1. The number of ether oxygens (including phenoxy) is 2. The zero-order valence-electron chi connectivity index (χ0n) is 20.1. The molecule has 0 fully saturated rings. The molecule has 6 nitrogen and oxygen atoms in total. The van der Waals surface area contributed by atoms with Crippen LogP contribution in [0.2, 0.25) is 0 Å². The molecule has 2 heterocycles. The van der Waals surface area contributed by atoms with E-state index in [1.807, 2.05) is 49.4 Å². The second-order valence-corrected chi connectivity index (χ2v) is 10.2. The van der Waals surface area contributed by atoms with Crippen LogP contribution in [0.4, 0.5) is 10.1 Å². The Bertz CT molecular complexity index is 1280. The van der Waals surface area contributed by atoms with Crippen molar-refractivity contribution in [2.75, 3.05) is 18.1 Å². The predicted molar refractivity (Wildman–Crippen MR) is 137 cm³/mol. The highest BCUT2D eigenvalue weighted by atomic mass is 32.2. The van der Waals surface area contributed by atoms with Gasteiger partial charge in [-0.25, -0.2) is 4.39 Å². The van der Waals surface area contributed by atoms with Gasteiger partial charge in [-0.2, -0.15) is 0 Å². The fourth-order valence-corrected chi connectivity index (χ4v) is 5.67. The molecule has 1 N–H and O–H groups in total. The number of para-hydroxylation sites is 1. The molecule has 0 aliphatic carbocycles. The first-order chi connectivity index (χ1) is 17.4. The van der Waals surface area contributed by atoms with Crippen LogP contribution in [-0.4, -0.2) is 30.3 Å². The van der Waals surface area contributed by atoms with Crippen LogP contribution < -0.4 is 19.7 Å². The minimum absolute atomic E-state index is 0.141. The van der Waals surface area contributed by atoms with Gasteiger partial charge in [0.1, 0.15) is 24.3 Å². The van der Waals surface area contributed by atoms with Gasteiger partial charge in [0.15, 0.2) is 11.5 Å². The van der Waals surface area contributed by atoms with Crippen LogP contribution in [0.15, 0.2) is 71.6 Å². The molecule has 0 saturated heterocycles. The van der Waals surface area contributed by atoms with Crippen LogP contribution in [0.3, 0.4) is 0 Å². The van der Waals surface area contributed by atoms with Gasteiger partial charge in [-0.1, -0.05) is 37.3 Å². The summed E-state index contributed by atoms with van der Waals surface area (Å²) in [4.78, 5) is 29.6. The summed E-state index contributed by atoms with van der Waals surface area (Å²) in [6.45, 7) is 5.00. The molecule has 2 aliphatic rings. The van der Waals surface area contributed by atoms with E-state index in [-0.39, 0.29) is 23.7 Å². The van der Waals surface area contributed by atoms with Crippen LogP contribution in [0.5, 0.6) is 11.5 Å². The number of hydrogen-bond acceptors (Lipinski definition) is 5. The first-order valence-electron chi connectivity index (χ1n) is 11.9. The molecule has 3 aromatic rings. The minimum atomic E-state index is -0.590. The minimum Gasteiger partial charge on any atom is -0.486 e. The maximum absolute atomic E-state index is 13.6. The number of benzene rings is 3. The van der Waals surface area contributed by atoms with E-state index in [4.69, 9.17) is 9.47 Å². The number of hydrogen-bond donors (Lipinski definition) is 1. The molecular weight excluding hydrogens is 479 g/mol. The zero-order valence-corrected chi connectivity index (χ0v) is 20.9. The first-order valence-corrected chi connectivity index (χ1v) is 12.8. The van der Waals surface area contributed by atoms with Crippen molar-refractivity contribution >= 4 is 29.3 Å². The van der Waals surface area contributed by atoms with Gasteiger partial charge < -0.3 is 19.7 Å². The third-order valence-electron chi connectivity index (χ3n) is 6.47. The van der Waals surface area contributed by atoms with Crippen molar-refractivity contribution < 1.29 is 23.5 Å². The van der Waals surface area contributed by atoms with Crippen LogP contribution >= 0.6 is 11.8 Å². The SMILES string of the molecule is C[C@H](NC(=O)[C@H](C)[C@H]1Sc2ccccc2N(Cc2ccc(F)cc2)C1=O)c1ccc2c(c1)OCCO2. The monoisotopic (exact) mass is 506 g/mol. The lowest BCUT2D eigenvalue weighted by molar-refractivity contribution is -0.128. The largest absolute Gasteiger partial charge is 0.486 e. The molecule has 36 heavy (non-hydrogen) atoms. The first kappa shape index (κ1) is 24.2. The maximum atomic E-state index is 13.6. The molecule has 2 amide bonds. The molecule has 186 valence electrons. The lowest BCUT2D eigenvalue weighted by Crippen LogP contribution is -2.47. The number of carbonyl (C=O) groups excluding carboxylic acids is 2. The summed E-state index contributed by atoms with van der Waals surface area (Å²) in [6.07, 6.45) is 0. The third-order valence-corrected chi connectivity index (χ3v) is 7.93. The fraction of sp³-hybridized carbons (Fsp3) is 0.286. The summed E-state index contributed by atoms with van der Waals surface area (Å²) in [6, 6.07) is 19.1. The van der Waals surface area contributed by atoms with Gasteiger partial charge in [0.2, 0.25) is 11.8 Å². The molecule has 0 aromatic heterocycles. The highest BCUT2D eigenvalue weighted by molar-refractivity contribution is 8.01. The molecular formula is C28H27FN2O4S. The number of nitrogens with zero attached hydrogens (tertiary/aromatic N) is 1. The molecule has 2 aliphatic heterocycles. The number of thioether (sulfide) groups is 1. The number of amides is 2. The van der Waals surface area contributed by atoms with Crippen molar-refractivity contribution in [1.29, 1.82) is 0 Å². The molecule has 5 rings (SSSR count). The third kappa shape index (κ3) is 4.91.